The molecule has 1 fully saturated rings. The van der Waals surface area contributed by atoms with E-state index in [0.717, 1.165) is 19.5 Å². The zero-order valence-corrected chi connectivity index (χ0v) is 9.62. The molecule has 13 heavy (non-hydrogen) atoms. The molecule has 0 bridgehead atoms. The van der Waals surface area contributed by atoms with Crippen molar-refractivity contribution in [2.24, 2.45) is 0 Å². The zero-order chi connectivity index (χ0) is 9.19. The molecular weight excluding hydrogens is 212 g/mol. The summed E-state index contributed by atoms with van der Waals surface area (Å²) in [5, 5.41) is 3.18. The van der Waals surface area contributed by atoms with Crippen LogP contribution in [0.2, 0.25) is 0 Å². The number of hydrogen-bond donors (Lipinski definition) is 1. The SMILES string of the molecule is CC[C@H]1CNCCN1S(C)(=O)=O.Cl. The van der Waals surface area contributed by atoms with Crippen LogP contribution in [0.25, 0.3) is 0 Å². The van der Waals surface area contributed by atoms with Crippen molar-refractivity contribution in [3.05, 3.63) is 0 Å². The van der Waals surface area contributed by atoms with Gasteiger partial charge in [0.05, 0.1) is 6.26 Å². The van der Waals surface area contributed by atoms with Crippen molar-refractivity contribution in [3.63, 3.8) is 0 Å². The van der Waals surface area contributed by atoms with E-state index in [1.54, 1.807) is 4.31 Å². The fraction of sp³-hybridized carbons (Fsp3) is 1.00. The third-order valence-electron chi connectivity index (χ3n) is 2.19. The molecular formula is C7H17ClN2O2S. The van der Waals surface area contributed by atoms with Gasteiger partial charge in [0.1, 0.15) is 0 Å². The molecule has 80 valence electrons. The maximum absolute atomic E-state index is 11.3. The number of nitrogens with zero attached hydrogens (tertiary/aromatic N) is 1. The Kier molecular flexibility index (Phi) is 5.21. The Morgan fingerprint density at radius 3 is 2.54 bits per heavy atom. The van der Waals surface area contributed by atoms with Gasteiger partial charge in [-0.25, -0.2) is 8.42 Å². The van der Waals surface area contributed by atoms with Crippen molar-refractivity contribution in [2.45, 2.75) is 19.4 Å². The average molecular weight is 229 g/mol. The molecule has 0 saturated carbocycles. The normalized spacial score (nSPS) is 25.2. The summed E-state index contributed by atoms with van der Waals surface area (Å²) in [5.74, 6) is 0. The van der Waals surface area contributed by atoms with E-state index in [4.69, 9.17) is 0 Å². The highest BCUT2D eigenvalue weighted by Crippen LogP contribution is 2.10. The first-order chi connectivity index (χ1) is 5.55. The van der Waals surface area contributed by atoms with Gasteiger partial charge in [0.2, 0.25) is 10.0 Å². The van der Waals surface area contributed by atoms with Gasteiger partial charge in [-0.15, -0.1) is 12.4 Å². The summed E-state index contributed by atoms with van der Waals surface area (Å²) < 4.78 is 24.1. The van der Waals surface area contributed by atoms with Gasteiger partial charge >= 0.3 is 0 Å². The van der Waals surface area contributed by atoms with Crippen LogP contribution in [0.15, 0.2) is 0 Å². The molecule has 0 unspecified atom stereocenters. The van der Waals surface area contributed by atoms with E-state index in [0.29, 0.717) is 6.54 Å². The topological polar surface area (TPSA) is 49.4 Å². The maximum atomic E-state index is 11.3. The molecule has 0 aromatic rings. The number of sulfonamides is 1. The molecule has 0 spiro atoms. The lowest BCUT2D eigenvalue weighted by atomic mass is 10.2. The van der Waals surface area contributed by atoms with E-state index in [1.807, 2.05) is 6.92 Å². The summed E-state index contributed by atoms with van der Waals surface area (Å²) in [6, 6.07) is 0.147. The first kappa shape index (κ1) is 13.2. The van der Waals surface area contributed by atoms with Crippen molar-refractivity contribution in [1.29, 1.82) is 0 Å². The Morgan fingerprint density at radius 2 is 2.15 bits per heavy atom. The van der Waals surface area contributed by atoms with E-state index in [9.17, 15) is 8.42 Å². The third-order valence-corrected chi connectivity index (χ3v) is 3.53. The highest BCUT2D eigenvalue weighted by molar-refractivity contribution is 7.88. The van der Waals surface area contributed by atoms with Gasteiger partial charge in [0.25, 0.3) is 0 Å². The van der Waals surface area contributed by atoms with Crippen LogP contribution in [-0.4, -0.2) is 44.7 Å². The Balaban J connectivity index is 0.00000144. The fourth-order valence-corrected chi connectivity index (χ4v) is 2.72. The molecule has 0 aliphatic carbocycles. The lowest BCUT2D eigenvalue weighted by Crippen LogP contribution is -2.52. The van der Waals surface area contributed by atoms with Crippen LogP contribution in [0.3, 0.4) is 0 Å². The van der Waals surface area contributed by atoms with Gasteiger partial charge < -0.3 is 5.32 Å². The molecule has 1 rings (SSSR count). The molecule has 0 radical (unpaired) electrons. The summed E-state index contributed by atoms with van der Waals surface area (Å²) in [5.41, 5.74) is 0. The van der Waals surface area contributed by atoms with E-state index in [-0.39, 0.29) is 18.4 Å². The first-order valence-corrected chi connectivity index (χ1v) is 6.08. The van der Waals surface area contributed by atoms with Crippen LogP contribution >= 0.6 is 12.4 Å². The Hall–Kier alpha value is 0.160. The average Bonchev–Trinajstić information content (AvgIpc) is 2.03. The highest BCUT2D eigenvalue weighted by Gasteiger charge is 2.27. The lowest BCUT2D eigenvalue weighted by Gasteiger charge is -2.33. The van der Waals surface area contributed by atoms with Crippen LogP contribution < -0.4 is 5.32 Å². The minimum absolute atomic E-state index is 0. The van der Waals surface area contributed by atoms with Crippen LogP contribution in [0, 0.1) is 0 Å². The minimum atomic E-state index is -2.99. The molecule has 0 amide bonds. The van der Waals surface area contributed by atoms with Crippen molar-refractivity contribution in [3.8, 4) is 0 Å². The molecule has 0 aromatic carbocycles. The molecule has 1 aliphatic rings. The maximum Gasteiger partial charge on any atom is 0.211 e. The van der Waals surface area contributed by atoms with Crippen molar-refractivity contribution >= 4 is 22.4 Å². The summed E-state index contributed by atoms with van der Waals surface area (Å²) >= 11 is 0. The van der Waals surface area contributed by atoms with Crippen LogP contribution in [-0.2, 0) is 10.0 Å². The predicted molar refractivity (Wildman–Crippen MR) is 55.7 cm³/mol. The quantitative estimate of drug-likeness (QED) is 0.727. The molecule has 1 heterocycles. The molecule has 1 atom stereocenters. The second kappa shape index (κ2) is 5.14. The van der Waals surface area contributed by atoms with Gasteiger partial charge in [-0.1, -0.05) is 6.92 Å². The summed E-state index contributed by atoms with van der Waals surface area (Å²) in [6.45, 7) is 4.17. The fourth-order valence-electron chi connectivity index (χ4n) is 1.53. The van der Waals surface area contributed by atoms with Gasteiger partial charge in [0, 0.05) is 25.7 Å². The van der Waals surface area contributed by atoms with Crippen molar-refractivity contribution in [2.75, 3.05) is 25.9 Å². The number of piperazine rings is 1. The molecule has 1 N–H and O–H groups in total. The van der Waals surface area contributed by atoms with Gasteiger partial charge in [-0.05, 0) is 6.42 Å². The Morgan fingerprint density at radius 1 is 1.54 bits per heavy atom. The first-order valence-electron chi connectivity index (χ1n) is 4.23. The van der Waals surface area contributed by atoms with E-state index in [2.05, 4.69) is 5.32 Å². The largest absolute Gasteiger partial charge is 0.314 e. The second-order valence-electron chi connectivity index (χ2n) is 3.14. The van der Waals surface area contributed by atoms with Gasteiger partial charge in [-0.2, -0.15) is 4.31 Å². The van der Waals surface area contributed by atoms with E-state index >= 15 is 0 Å². The minimum Gasteiger partial charge on any atom is -0.314 e. The Labute approximate surface area is 86.1 Å². The molecule has 0 aromatic heterocycles. The van der Waals surface area contributed by atoms with Gasteiger partial charge in [-0.3, -0.25) is 0 Å². The van der Waals surface area contributed by atoms with Crippen molar-refractivity contribution in [1.82, 2.24) is 9.62 Å². The predicted octanol–water partition coefficient (Wildman–Crippen LogP) is 0.0516. The van der Waals surface area contributed by atoms with E-state index < -0.39 is 10.0 Å². The lowest BCUT2D eigenvalue weighted by molar-refractivity contribution is 0.263. The zero-order valence-electron chi connectivity index (χ0n) is 7.99. The van der Waals surface area contributed by atoms with E-state index in [1.165, 1.54) is 6.26 Å². The number of nitrogens with one attached hydrogen (secondary N) is 1. The summed E-state index contributed by atoms with van der Waals surface area (Å²) in [6.07, 6.45) is 2.15. The highest BCUT2D eigenvalue weighted by atomic mass is 35.5. The number of halogens is 1. The van der Waals surface area contributed by atoms with Crippen molar-refractivity contribution < 1.29 is 8.42 Å². The molecule has 6 heteroatoms. The van der Waals surface area contributed by atoms with Gasteiger partial charge in [0.15, 0.2) is 0 Å². The number of hydrogen-bond acceptors (Lipinski definition) is 3. The molecule has 1 aliphatic heterocycles. The smallest absolute Gasteiger partial charge is 0.211 e. The van der Waals surface area contributed by atoms with Crippen LogP contribution in [0.4, 0.5) is 0 Å². The Bertz CT molecular complexity index is 243. The monoisotopic (exact) mass is 228 g/mol. The standard InChI is InChI=1S/C7H16N2O2S.ClH/c1-3-7-6-8-4-5-9(7)12(2,10)11;/h7-8H,3-6H2,1-2H3;1H/t7-;/m0./s1. The van der Waals surface area contributed by atoms with Crippen LogP contribution in [0.5, 0.6) is 0 Å². The molecule has 4 nitrogen and oxygen atoms in total. The summed E-state index contributed by atoms with van der Waals surface area (Å²) in [7, 11) is -2.99. The number of rotatable bonds is 2. The second-order valence-corrected chi connectivity index (χ2v) is 5.07. The van der Waals surface area contributed by atoms with Crippen LogP contribution in [0.1, 0.15) is 13.3 Å². The molecule has 1 saturated heterocycles. The summed E-state index contributed by atoms with van der Waals surface area (Å²) in [4.78, 5) is 0. The third kappa shape index (κ3) is 3.42.